The Bertz CT molecular complexity index is 1620. The molecule has 2 aromatic heterocycles. The number of alkyl halides is 3. The summed E-state index contributed by atoms with van der Waals surface area (Å²) in [7, 11) is -3.70. The fourth-order valence-electron chi connectivity index (χ4n) is 5.03. The molecule has 0 saturated carbocycles. The topological polar surface area (TPSA) is 97.4 Å². The number of halogens is 3. The van der Waals surface area contributed by atoms with Crippen LogP contribution in [-0.4, -0.2) is 47.6 Å². The van der Waals surface area contributed by atoms with Gasteiger partial charge in [-0.05, 0) is 60.9 Å². The normalized spacial score (nSPS) is 16.4. The van der Waals surface area contributed by atoms with Crippen LogP contribution in [-0.2, 0) is 22.0 Å². The van der Waals surface area contributed by atoms with E-state index in [0.717, 1.165) is 34.9 Å². The Balaban J connectivity index is 1.20. The number of benzene rings is 2. The summed E-state index contributed by atoms with van der Waals surface area (Å²) in [6, 6.07) is 15.5. The van der Waals surface area contributed by atoms with Gasteiger partial charge in [0.2, 0.25) is 16.8 Å². The van der Waals surface area contributed by atoms with Crippen molar-refractivity contribution in [1.82, 2.24) is 19.3 Å². The van der Waals surface area contributed by atoms with Crippen LogP contribution in [0, 0.1) is 0 Å². The highest BCUT2D eigenvalue weighted by Crippen LogP contribution is 2.39. The molecule has 0 bridgehead atoms. The molecule has 1 N–H and O–H groups in total. The van der Waals surface area contributed by atoms with Gasteiger partial charge in [0.25, 0.3) is 0 Å². The van der Waals surface area contributed by atoms with Crippen molar-refractivity contribution >= 4 is 10.0 Å². The van der Waals surface area contributed by atoms with Gasteiger partial charge >= 0.3 is 6.18 Å². The van der Waals surface area contributed by atoms with Crippen molar-refractivity contribution in [3.8, 4) is 34.1 Å². The number of fused-ring (bicyclic) bond motifs is 1. The smallest absolute Gasteiger partial charge is 0.416 e. The SMILES string of the molecule is O=S(=O)(Cc1ccc(C(F)(F)F)cc1)N1CCC(c2nc(-c3ccc4c(c3)OCO4)c(-c3ccccn3)[nH]2)CC1. The predicted molar refractivity (Wildman–Crippen MR) is 141 cm³/mol. The third-order valence-corrected chi connectivity index (χ3v) is 9.00. The predicted octanol–water partition coefficient (Wildman–Crippen LogP) is 5.60. The maximum absolute atomic E-state index is 13.1. The lowest BCUT2D eigenvalue weighted by Crippen LogP contribution is -2.38. The van der Waals surface area contributed by atoms with Gasteiger partial charge in [0, 0.05) is 30.8 Å². The van der Waals surface area contributed by atoms with Gasteiger partial charge in [-0.25, -0.2) is 17.7 Å². The van der Waals surface area contributed by atoms with Crippen molar-refractivity contribution in [3.05, 3.63) is 83.8 Å². The molecule has 2 aliphatic rings. The first-order valence-electron chi connectivity index (χ1n) is 12.7. The van der Waals surface area contributed by atoms with E-state index in [1.165, 1.54) is 16.4 Å². The molecule has 208 valence electrons. The van der Waals surface area contributed by atoms with Crippen LogP contribution in [0.4, 0.5) is 13.2 Å². The molecule has 8 nitrogen and oxygen atoms in total. The van der Waals surface area contributed by atoms with Crippen molar-refractivity contribution in [2.75, 3.05) is 19.9 Å². The molecule has 0 radical (unpaired) electrons. The summed E-state index contributed by atoms with van der Waals surface area (Å²) in [6.45, 7) is 0.733. The van der Waals surface area contributed by atoms with Crippen LogP contribution < -0.4 is 9.47 Å². The van der Waals surface area contributed by atoms with E-state index in [1.54, 1.807) is 6.20 Å². The minimum Gasteiger partial charge on any atom is -0.454 e. The van der Waals surface area contributed by atoms with Crippen molar-refractivity contribution in [2.24, 2.45) is 0 Å². The second kappa shape index (κ2) is 10.3. The standard InChI is InChI=1S/C28H25F3N4O4S/c29-28(30,31)21-7-4-18(5-8-21)16-40(36,37)35-13-10-19(11-14-35)27-33-25(26(34-27)22-3-1-2-12-32-22)20-6-9-23-24(15-20)39-17-38-23/h1-9,12,15,19H,10-11,13-14,16-17H2,(H,33,34). The fraction of sp³-hybridized carbons (Fsp3) is 0.286. The first kappa shape index (κ1) is 26.3. The zero-order chi connectivity index (χ0) is 27.9. The van der Waals surface area contributed by atoms with Gasteiger partial charge in [0.15, 0.2) is 11.5 Å². The molecule has 12 heteroatoms. The van der Waals surface area contributed by atoms with Gasteiger partial charge in [0.05, 0.1) is 28.4 Å². The number of H-pyrrole nitrogens is 1. The molecule has 0 atom stereocenters. The van der Waals surface area contributed by atoms with Crippen LogP contribution in [0.3, 0.4) is 0 Å². The van der Waals surface area contributed by atoms with Crippen LogP contribution >= 0.6 is 0 Å². The summed E-state index contributed by atoms with van der Waals surface area (Å²) >= 11 is 0. The molecule has 40 heavy (non-hydrogen) atoms. The first-order chi connectivity index (χ1) is 19.2. The molecule has 0 aliphatic carbocycles. The van der Waals surface area contributed by atoms with E-state index in [-0.39, 0.29) is 31.6 Å². The van der Waals surface area contributed by atoms with Crippen molar-refractivity contribution in [1.29, 1.82) is 0 Å². The number of nitrogens with one attached hydrogen (secondary N) is 1. The van der Waals surface area contributed by atoms with Gasteiger partial charge in [-0.15, -0.1) is 0 Å². The Morgan fingerprint density at radius 2 is 1.73 bits per heavy atom. The number of ether oxygens (including phenoxy) is 2. The lowest BCUT2D eigenvalue weighted by Gasteiger charge is -2.30. The van der Waals surface area contributed by atoms with Crippen molar-refractivity contribution < 1.29 is 31.1 Å². The molecule has 2 aliphatic heterocycles. The van der Waals surface area contributed by atoms with E-state index < -0.39 is 21.8 Å². The Kier molecular flexibility index (Phi) is 6.75. The molecule has 0 amide bonds. The van der Waals surface area contributed by atoms with Crippen LogP contribution in [0.2, 0.25) is 0 Å². The zero-order valence-corrected chi connectivity index (χ0v) is 22.0. The molecule has 2 aromatic carbocycles. The number of aromatic amines is 1. The molecule has 6 rings (SSSR count). The number of rotatable bonds is 6. The molecule has 0 spiro atoms. The molecule has 4 heterocycles. The van der Waals surface area contributed by atoms with E-state index in [4.69, 9.17) is 14.5 Å². The highest BCUT2D eigenvalue weighted by molar-refractivity contribution is 7.88. The highest BCUT2D eigenvalue weighted by atomic mass is 32.2. The third kappa shape index (κ3) is 5.28. The quantitative estimate of drug-likeness (QED) is 0.324. The summed E-state index contributed by atoms with van der Waals surface area (Å²) in [5.41, 5.74) is 2.54. The Morgan fingerprint density at radius 1 is 0.975 bits per heavy atom. The number of hydrogen-bond acceptors (Lipinski definition) is 6. The summed E-state index contributed by atoms with van der Waals surface area (Å²) in [4.78, 5) is 12.9. The highest BCUT2D eigenvalue weighted by Gasteiger charge is 2.33. The van der Waals surface area contributed by atoms with E-state index >= 15 is 0 Å². The van der Waals surface area contributed by atoms with Crippen LogP contribution in [0.5, 0.6) is 11.5 Å². The Morgan fingerprint density at radius 3 is 2.42 bits per heavy atom. The third-order valence-electron chi connectivity index (χ3n) is 7.15. The number of nitrogens with zero attached hydrogens (tertiary/aromatic N) is 3. The lowest BCUT2D eigenvalue weighted by molar-refractivity contribution is -0.137. The van der Waals surface area contributed by atoms with E-state index in [1.807, 2.05) is 36.4 Å². The van der Waals surface area contributed by atoms with Crippen molar-refractivity contribution in [2.45, 2.75) is 30.7 Å². The minimum absolute atomic E-state index is 0.0114. The number of sulfonamides is 1. The van der Waals surface area contributed by atoms with Gasteiger partial charge in [-0.2, -0.15) is 13.2 Å². The maximum Gasteiger partial charge on any atom is 0.416 e. The second-order valence-electron chi connectivity index (χ2n) is 9.75. The average molecular weight is 571 g/mol. The van der Waals surface area contributed by atoms with E-state index in [9.17, 15) is 21.6 Å². The first-order valence-corrected chi connectivity index (χ1v) is 14.3. The molecule has 0 unspecified atom stereocenters. The molecule has 4 aromatic rings. The maximum atomic E-state index is 13.1. The number of imidazole rings is 1. The van der Waals surface area contributed by atoms with Gasteiger partial charge in [0.1, 0.15) is 5.82 Å². The monoisotopic (exact) mass is 570 g/mol. The Labute approximate surface area is 228 Å². The zero-order valence-electron chi connectivity index (χ0n) is 21.2. The van der Waals surface area contributed by atoms with Crippen molar-refractivity contribution in [3.63, 3.8) is 0 Å². The number of piperidine rings is 1. The van der Waals surface area contributed by atoms with Gasteiger partial charge in [-0.1, -0.05) is 18.2 Å². The number of aromatic nitrogens is 3. The largest absolute Gasteiger partial charge is 0.454 e. The van der Waals surface area contributed by atoms with Gasteiger partial charge < -0.3 is 14.5 Å². The van der Waals surface area contributed by atoms with E-state index in [2.05, 4.69) is 9.97 Å². The second-order valence-corrected chi connectivity index (χ2v) is 11.7. The lowest BCUT2D eigenvalue weighted by atomic mass is 9.97. The Hall–Kier alpha value is -3.90. The van der Waals surface area contributed by atoms with E-state index in [0.29, 0.717) is 35.6 Å². The summed E-state index contributed by atoms with van der Waals surface area (Å²) in [5.74, 6) is 1.69. The number of hydrogen-bond donors (Lipinski definition) is 1. The van der Waals surface area contributed by atoms with Crippen LogP contribution in [0.1, 0.15) is 35.7 Å². The molecular weight excluding hydrogens is 545 g/mol. The number of pyridine rings is 1. The molecular formula is C28H25F3N4O4S. The molecule has 1 saturated heterocycles. The summed E-state index contributed by atoms with van der Waals surface area (Å²) < 4.78 is 77.0. The minimum atomic E-state index is -4.47. The summed E-state index contributed by atoms with van der Waals surface area (Å²) in [5, 5.41) is 0. The summed E-state index contributed by atoms with van der Waals surface area (Å²) in [6.07, 6.45) is -1.67. The average Bonchev–Trinajstić information content (AvgIpc) is 3.60. The van der Waals surface area contributed by atoms with Crippen LogP contribution in [0.25, 0.3) is 22.6 Å². The molecule has 1 fully saturated rings. The van der Waals surface area contributed by atoms with Gasteiger partial charge in [-0.3, -0.25) is 4.98 Å². The fourth-order valence-corrected chi connectivity index (χ4v) is 6.60. The van der Waals surface area contributed by atoms with Crippen LogP contribution in [0.15, 0.2) is 66.9 Å².